The van der Waals surface area contributed by atoms with Crippen molar-refractivity contribution >= 4 is 0 Å². The highest BCUT2D eigenvalue weighted by atomic mass is 16.5. The van der Waals surface area contributed by atoms with Gasteiger partial charge in [-0.25, -0.2) is 0 Å². The van der Waals surface area contributed by atoms with Crippen LogP contribution in [0.25, 0.3) is 0 Å². The summed E-state index contributed by atoms with van der Waals surface area (Å²) in [4.78, 5) is 0. The zero-order valence-electron chi connectivity index (χ0n) is 7.89. The highest BCUT2D eigenvalue weighted by molar-refractivity contribution is 5.02. The zero-order valence-corrected chi connectivity index (χ0v) is 7.89. The molecule has 1 atom stereocenters. The van der Waals surface area contributed by atoms with Crippen LogP contribution in [-0.4, -0.2) is 37.9 Å². The standard InChI is InChI=1S/C9H18N2O/c1-7(2)8-3-10-4-9(11-8)5-12-6-9/h7-8,10-11H,3-6H2,1-2H3. The zero-order chi connectivity index (χ0) is 8.60. The predicted octanol–water partition coefficient (Wildman–Crippen LogP) is -0.0272. The summed E-state index contributed by atoms with van der Waals surface area (Å²) in [6.07, 6.45) is 0. The molecule has 0 saturated carbocycles. The third-order valence-electron chi connectivity index (χ3n) is 2.88. The summed E-state index contributed by atoms with van der Waals surface area (Å²) < 4.78 is 5.24. The SMILES string of the molecule is CC(C)C1CNCC2(COC2)N1. The van der Waals surface area contributed by atoms with Gasteiger partial charge in [-0.1, -0.05) is 13.8 Å². The van der Waals surface area contributed by atoms with Crippen LogP contribution < -0.4 is 10.6 Å². The Morgan fingerprint density at radius 3 is 2.67 bits per heavy atom. The molecule has 2 saturated heterocycles. The lowest BCUT2D eigenvalue weighted by Crippen LogP contribution is -2.73. The third-order valence-corrected chi connectivity index (χ3v) is 2.88. The van der Waals surface area contributed by atoms with Crippen LogP contribution in [0.2, 0.25) is 0 Å². The Bertz CT molecular complexity index is 166. The minimum atomic E-state index is 0.271. The van der Waals surface area contributed by atoms with Crippen molar-refractivity contribution in [3.8, 4) is 0 Å². The van der Waals surface area contributed by atoms with Crippen LogP contribution in [0.5, 0.6) is 0 Å². The second-order valence-corrected chi connectivity index (χ2v) is 4.40. The average Bonchev–Trinajstić information content (AvgIpc) is 2.02. The van der Waals surface area contributed by atoms with E-state index in [4.69, 9.17) is 4.74 Å². The molecule has 2 rings (SSSR count). The molecule has 12 heavy (non-hydrogen) atoms. The fourth-order valence-electron chi connectivity index (χ4n) is 1.90. The van der Waals surface area contributed by atoms with E-state index in [1.807, 2.05) is 0 Å². The summed E-state index contributed by atoms with van der Waals surface area (Å²) in [5.41, 5.74) is 0.271. The number of nitrogens with one attached hydrogen (secondary N) is 2. The van der Waals surface area contributed by atoms with E-state index < -0.39 is 0 Å². The molecule has 2 heterocycles. The van der Waals surface area contributed by atoms with Gasteiger partial charge < -0.3 is 15.4 Å². The molecule has 2 aliphatic heterocycles. The largest absolute Gasteiger partial charge is 0.377 e. The molecular weight excluding hydrogens is 152 g/mol. The van der Waals surface area contributed by atoms with Gasteiger partial charge in [0.05, 0.1) is 18.8 Å². The van der Waals surface area contributed by atoms with Gasteiger partial charge in [0.25, 0.3) is 0 Å². The molecule has 0 radical (unpaired) electrons. The van der Waals surface area contributed by atoms with Crippen molar-refractivity contribution in [2.24, 2.45) is 5.92 Å². The minimum absolute atomic E-state index is 0.271. The fourth-order valence-corrected chi connectivity index (χ4v) is 1.90. The monoisotopic (exact) mass is 170 g/mol. The van der Waals surface area contributed by atoms with Crippen LogP contribution in [-0.2, 0) is 4.74 Å². The first-order valence-electron chi connectivity index (χ1n) is 4.78. The van der Waals surface area contributed by atoms with Gasteiger partial charge >= 0.3 is 0 Å². The first-order valence-corrected chi connectivity index (χ1v) is 4.78. The maximum Gasteiger partial charge on any atom is 0.0782 e. The van der Waals surface area contributed by atoms with E-state index in [2.05, 4.69) is 24.5 Å². The van der Waals surface area contributed by atoms with E-state index in [1.165, 1.54) is 0 Å². The van der Waals surface area contributed by atoms with Gasteiger partial charge in [-0.3, -0.25) is 0 Å². The summed E-state index contributed by atoms with van der Waals surface area (Å²) in [6.45, 7) is 8.44. The van der Waals surface area contributed by atoms with E-state index in [0.29, 0.717) is 12.0 Å². The van der Waals surface area contributed by atoms with Crippen LogP contribution in [0.3, 0.4) is 0 Å². The van der Waals surface area contributed by atoms with Crippen LogP contribution in [0, 0.1) is 5.92 Å². The van der Waals surface area contributed by atoms with Crippen molar-refractivity contribution in [2.45, 2.75) is 25.4 Å². The Hall–Kier alpha value is -0.120. The van der Waals surface area contributed by atoms with Crippen molar-refractivity contribution in [3.63, 3.8) is 0 Å². The fraction of sp³-hybridized carbons (Fsp3) is 1.00. The van der Waals surface area contributed by atoms with Gasteiger partial charge in [0.2, 0.25) is 0 Å². The van der Waals surface area contributed by atoms with Crippen molar-refractivity contribution in [2.75, 3.05) is 26.3 Å². The van der Waals surface area contributed by atoms with Crippen LogP contribution in [0.1, 0.15) is 13.8 Å². The summed E-state index contributed by atoms with van der Waals surface area (Å²) in [7, 11) is 0. The van der Waals surface area contributed by atoms with Gasteiger partial charge in [-0.05, 0) is 5.92 Å². The Kier molecular flexibility index (Phi) is 2.10. The number of hydrogen-bond donors (Lipinski definition) is 2. The molecule has 3 heteroatoms. The molecular formula is C9H18N2O. The van der Waals surface area contributed by atoms with Crippen molar-refractivity contribution in [1.82, 2.24) is 10.6 Å². The summed E-state index contributed by atoms with van der Waals surface area (Å²) in [5.74, 6) is 0.704. The first-order chi connectivity index (χ1) is 5.72. The number of hydrogen-bond acceptors (Lipinski definition) is 3. The third kappa shape index (κ3) is 1.37. The number of piperazine rings is 1. The predicted molar refractivity (Wildman–Crippen MR) is 48.2 cm³/mol. The Labute approximate surface area is 73.9 Å². The van der Waals surface area contributed by atoms with Gasteiger partial charge in [0.1, 0.15) is 0 Å². The molecule has 70 valence electrons. The lowest BCUT2D eigenvalue weighted by atomic mass is 9.90. The van der Waals surface area contributed by atoms with Crippen molar-refractivity contribution < 1.29 is 4.74 Å². The van der Waals surface area contributed by atoms with E-state index in [9.17, 15) is 0 Å². The molecule has 0 aromatic rings. The van der Waals surface area contributed by atoms with Gasteiger partial charge in [-0.15, -0.1) is 0 Å². The number of rotatable bonds is 1. The Morgan fingerprint density at radius 2 is 2.17 bits per heavy atom. The molecule has 0 aliphatic carbocycles. The van der Waals surface area contributed by atoms with Gasteiger partial charge in [-0.2, -0.15) is 0 Å². The quantitative estimate of drug-likeness (QED) is 0.580. The Balaban J connectivity index is 1.94. The highest BCUT2D eigenvalue weighted by Gasteiger charge is 2.42. The van der Waals surface area contributed by atoms with Gasteiger partial charge in [0.15, 0.2) is 0 Å². The second kappa shape index (κ2) is 2.98. The van der Waals surface area contributed by atoms with E-state index in [1.54, 1.807) is 0 Å². The molecule has 0 amide bonds. The van der Waals surface area contributed by atoms with E-state index in [0.717, 1.165) is 26.3 Å². The van der Waals surface area contributed by atoms with Gasteiger partial charge in [0, 0.05) is 19.1 Å². The Morgan fingerprint density at radius 1 is 1.42 bits per heavy atom. The van der Waals surface area contributed by atoms with Crippen LogP contribution >= 0.6 is 0 Å². The molecule has 3 nitrogen and oxygen atoms in total. The molecule has 0 bridgehead atoms. The number of ether oxygens (including phenoxy) is 1. The molecule has 0 aromatic carbocycles. The van der Waals surface area contributed by atoms with Crippen LogP contribution in [0.15, 0.2) is 0 Å². The van der Waals surface area contributed by atoms with E-state index >= 15 is 0 Å². The molecule has 2 aliphatic rings. The molecule has 1 spiro atoms. The highest BCUT2D eigenvalue weighted by Crippen LogP contribution is 2.21. The molecule has 2 fully saturated rings. The summed E-state index contributed by atoms with van der Waals surface area (Å²) in [5, 5.41) is 7.14. The smallest absolute Gasteiger partial charge is 0.0782 e. The normalized spacial score (nSPS) is 33.8. The second-order valence-electron chi connectivity index (χ2n) is 4.40. The van der Waals surface area contributed by atoms with Crippen LogP contribution in [0.4, 0.5) is 0 Å². The van der Waals surface area contributed by atoms with E-state index in [-0.39, 0.29) is 5.54 Å². The molecule has 2 N–H and O–H groups in total. The molecule has 0 aromatic heterocycles. The average molecular weight is 170 g/mol. The van der Waals surface area contributed by atoms with Crippen molar-refractivity contribution in [1.29, 1.82) is 0 Å². The maximum absolute atomic E-state index is 5.24. The maximum atomic E-state index is 5.24. The first kappa shape index (κ1) is 8.48. The summed E-state index contributed by atoms with van der Waals surface area (Å²) in [6, 6.07) is 0.614. The summed E-state index contributed by atoms with van der Waals surface area (Å²) >= 11 is 0. The topological polar surface area (TPSA) is 33.3 Å². The molecule has 1 unspecified atom stereocenters. The lowest BCUT2D eigenvalue weighted by Gasteiger charge is -2.49. The minimum Gasteiger partial charge on any atom is -0.377 e. The lowest BCUT2D eigenvalue weighted by molar-refractivity contribution is -0.0893. The van der Waals surface area contributed by atoms with Crippen molar-refractivity contribution in [3.05, 3.63) is 0 Å².